The van der Waals surface area contributed by atoms with Gasteiger partial charge in [-0.1, -0.05) is 18.2 Å². The van der Waals surface area contributed by atoms with Gasteiger partial charge in [0, 0.05) is 29.1 Å². The Balaban J connectivity index is 1.93. The molecule has 0 fully saturated rings. The molecule has 4 rings (SSSR count). The minimum atomic E-state index is -0.907. The predicted octanol–water partition coefficient (Wildman–Crippen LogP) is 4.04. The molecule has 2 amide bonds. The van der Waals surface area contributed by atoms with Crippen LogP contribution in [0.4, 0.5) is 10.5 Å². The summed E-state index contributed by atoms with van der Waals surface area (Å²) in [5.41, 5.74) is 2.30. The molecule has 0 spiro atoms. The summed E-state index contributed by atoms with van der Waals surface area (Å²) < 4.78 is 12.3. The molecule has 2 N–H and O–H groups in total. The normalized spacial score (nSPS) is 15.2. The molecule has 1 aliphatic heterocycles. The van der Waals surface area contributed by atoms with Gasteiger partial charge in [0.25, 0.3) is 0 Å². The number of allylic oxidation sites excluding steroid dienone is 1. The van der Waals surface area contributed by atoms with Crippen molar-refractivity contribution in [3.63, 3.8) is 0 Å². The Bertz CT molecular complexity index is 1350. The molecule has 11 heteroatoms. The zero-order chi connectivity index (χ0) is 25.8. The molecule has 3 aromatic rings. The Morgan fingerprint density at radius 3 is 2.58 bits per heavy atom. The number of aromatic nitrogens is 2. The van der Waals surface area contributed by atoms with Crippen LogP contribution in [0.5, 0.6) is 5.75 Å². The standard InChI is InChI=1S/C25H25N5O6/c1-4-35-20-12-11-16(13-19(20)30(33)34)22-18(14-29(28-22)17-9-7-6-8-10-17)23-21(24(31)36-5-2)15(3)26-25(32)27-23/h6-14,23H,4-5H2,1-3H3,(H2,26,27,32)/t23-/m1/s1. The van der Waals surface area contributed by atoms with Crippen molar-refractivity contribution in [2.45, 2.75) is 26.8 Å². The minimum absolute atomic E-state index is 0.133. The number of carbonyl (C=O) groups is 2. The smallest absolute Gasteiger partial charge is 0.338 e. The molecule has 186 valence electrons. The predicted molar refractivity (Wildman–Crippen MR) is 131 cm³/mol. The van der Waals surface area contributed by atoms with Crippen molar-refractivity contribution in [2.75, 3.05) is 13.2 Å². The fourth-order valence-electron chi connectivity index (χ4n) is 4.03. The van der Waals surface area contributed by atoms with Gasteiger partial charge in [-0.15, -0.1) is 0 Å². The number of nitro benzene ring substituents is 1. The zero-order valence-electron chi connectivity index (χ0n) is 20.0. The number of urea groups is 1. The molecule has 0 unspecified atom stereocenters. The highest BCUT2D eigenvalue weighted by Gasteiger charge is 2.35. The minimum Gasteiger partial charge on any atom is -0.487 e. The van der Waals surface area contributed by atoms with E-state index < -0.39 is 23.0 Å². The number of para-hydroxylation sites is 1. The van der Waals surface area contributed by atoms with Crippen LogP contribution in [0.3, 0.4) is 0 Å². The van der Waals surface area contributed by atoms with Gasteiger partial charge >= 0.3 is 17.7 Å². The van der Waals surface area contributed by atoms with Crippen LogP contribution in [0.15, 0.2) is 66.0 Å². The molecule has 1 aliphatic rings. The van der Waals surface area contributed by atoms with E-state index in [0.717, 1.165) is 5.69 Å². The molecular formula is C25H25N5O6. The first-order chi connectivity index (χ1) is 17.3. The van der Waals surface area contributed by atoms with E-state index in [2.05, 4.69) is 10.6 Å². The summed E-state index contributed by atoms with van der Waals surface area (Å²) in [6.07, 6.45) is 1.69. The monoisotopic (exact) mass is 491 g/mol. The topological polar surface area (TPSA) is 138 Å². The fourth-order valence-corrected chi connectivity index (χ4v) is 4.03. The van der Waals surface area contributed by atoms with E-state index >= 15 is 0 Å². The number of rotatable bonds is 8. The second kappa shape index (κ2) is 10.3. The second-order valence-electron chi connectivity index (χ2n) is 7.88. The number of esters is 1. The number of carbonyl (C=O) groups excluding carboxylic acids is 2. The maximum Gasteiger partial charge on any atom is 0.338 e. The summed E-state index contributed by atoms with van der Waals surface area (Å²) in [4.78, 5) is 36.5. The van der Waals surface area contributed by atoms with Crippen LogP contribution < -0.4 is 15.4 Å². The van der Waals surface area contributed by atoms with Crippen LogP contribution in [-0.2, 0) is 9.53 Å². The number of benzene rings is 2. The lowest BCUT2D eigenvalue weighted by molar-refractivity contribution is -0.385. The number of hydrogen-bond donors (Lipinski definition) is 2. The van der Waals surface area contributed by atoms with Crippen LogP contribution in [0.1, 0.15) is 32.4 Å². The van der Waals surface area contributed by atoms with Crippen molar-refractivity contribution in [1.29, 1.82) is 0 Å². The molecule has 36 heavy (non-hydrogen) atoms. The van der Waals surface area contributed by atoms with Crippen LogP contribution >= 0.6 is 0 Å². The number of nitrogens with zero attached hydrogens (tertiary/aromatic N) is 3. The van der Waals surface area contributed by atoms with Crippen molar-refractivity contribution >= 4 is 17.7 Å². The molecule has 1 aromatic heterocycles. The van der Waals surface area contributed by atoms with Gasteiger partial charge in [-0.05, 0) is 45.0 Å². The fraction of sp³-hybridized carbons (Fsp3) is 0.240. The summed E-state index contributed by atoms with van der Waals surface area (Å²) >= 11 is 0. The summed E-state index contributed by atoms with van der Waals surface area (Å²) in [6.45, 7) is 5.46. The van der Waals surface area contributed by atoms with Crippen molar-refractivity contribution in [2.24, 2.45) is 0 Å². The Labute approximate surface area is 206 Å². The molecule has 0 radical (unpaired) electrons. The number of amides is 2. The second-order valence-corrected chi connectivity index (χ2v) is 7.88. The Kier molecular flexibility index (Phi) is 7.00. The third-order valence-electron chi connectivity index (χ3n) is 5.57. The van der Waals surface area contributed by atoms with Crippen molar-refractivity contribution in [1.82, 2.24) is 20.4 Å². The van der Waals surface area contributed by atoms with Gasteiger partial charge in [-0.2, -0.15) is 5.10 Å². The summed E-state index contributed by atoms with van der Waals surface area (Å²) in [7, 11) is 0. The summed E-state index contributed by atoms with van der Waals surface area (Å²) in [6, 6.07) is 12.4. The largest absolute Gasteiger partial charge is 0.487 e. The van der Waals surface area contributed by atoms with Crippen molar-refractivity contribution in [3.8, 4) is 22.7 Å². The molecule has 1 atom stereocenters. The Hall–Kier alpha value is -4.67. The number of nitro groups is 1. The van der Waals surface area contributed by atoms with Crippen LogP contribution in [0.25, 0.3) is 16.9 Å². The molecule has 2 aromatic carbocycles. The third-order valence-corrected chi connectivity index (χ3v) is 5.57. The first-order valence-electron chi connectivity index (χ1n) is 11.4. The Morgan fingerprint density at radius 2 is 1.92 bits per heavy atom. The van der Waals surface area contributed by atoms with Crippen LogP contribution in [0, 0.1) is 10.1 Å². The van der Waals surface area contributed by atoms with Gasteiger partial charge in [0.1, 0.15) is 0 Å². The first kappa shape index (κ1) is 24.5. The van der Waals surface area contributed by atoms with Gasteiger partial charge < -0.3 is 20.1 Å². The molecule has 0 bridgehead atoms. The zero-order valence-corrected chi connectivity index (χ0v) is 20.0. The maximum absolute atomic E-state index is 12.9. The van der Waals surface area contributed by atoms with Gasteiger partial charge in [-0.25, -0.2) is 14.3 Å². The van der Waals surface area contributed by atoms with Crippen LogP contribution in [-0.4, -0.2) is 39.9 Å². The van der Waals surface area contributed by atoms with E-state index in [-0.39, 0.29) is 30.2 Å². The highest BCUT2D eigenvalue weighted by Crippen LogP contribution is 2.38. The molecule has 2 heterocycles. The highest BCUT2D eigenvalue weighted by atomic mass is 16.6. The number of hydrogen-bond acceptors (Lipinski definition) is 7. The van der Waals surface area contributed by atoms with Gasteiger partial charge in [0.15, 0.2) is 5.75 Å². The third kappa shape index (κ3) is 4.76. The number of nitrogens with one attached hydrogen (secondary N) is 2. The SMILES string of the molecule is CCOC(=O)C1=C(C)NC(=O)N[C@@H]1c1cn(-c2ccccc2)nc1-c1ccc(OCC)c([N+](=O)[O-])c1. The van der Waals surface area contributed by atoms with Crippen molar-refractivity contribution in [3.05, 3.63) is 81.7 Å². The average Bonchev–Trinajstić information content (AvgIpc) is 3.30. The quantitative estimate of drug-likeness (QED) is 0.276. The van der Waals surface area contributed by atoms with Crippen molar-refractivity contribution < 1.29 is 24.0 Å². The van der Waals surface area contributed by atoms with Crippen LogP contribution in [0.2, 0.25) is 0 Å². The summed E-state index contributed by atoms with van der Waals surface area (Å²) in [5, 5.41) is 21.8. The molecular weight excluding hydrogens is 466 g/mol. The molecule has 0 aliphatic carbocycles. The van der Waals surface area contributed by atoms with E-state index in [1.54, 1.807) is 37.7 Å². The van der Waals surface area contributed by atoms with E-state index in [1.165, 1.54) is 12.1 Å². The Morgan fingerprint density at radius 1 is 1.17 bits per heavy atom. The maximum atomic E-state index is 12.9. The molecule has 11 nitrogen and oxygen atoms in total. The number of ether oxygens (including phenoxy) is 2. The highest BCUT2D eigenvalue weighted by molar-refractivity contribution is 5.95. The molecule has 0 saturated heterocycles. The lowest BCUT2D eigenvalue weighted by atomic mass is 9.93. The summed E-state index contributed by atoms with van der Waals surface area (Å²) in [5.74, 6) is -0.461. The lowest BCUT2D eigenvalue weighted by Crippen LogP contribution is -2.45. The van der Waals surface area contributed by atoms with Gasteiger partial charge in [0.05, 0.1) is 41.1 Å². The van der Waals surface area contributed by atoms with E-state index in [1.807, 2.05) is 30.3 Å². The first-order valence-corrected chi connectivity index (χ1v) is 11.4. The van der Waals surface area contributed by atoms with Gasteiger partial charge in [-0.3, -0.25) is 10.1 Å². The molecule has 0 saturated carbocycles. The van der Waals surface area contributed by atoms with E-state index in [9.17, 15) is 19.7 Å². The van der Waals surface area contributed by atoms with E-state index in [0.29, 0.717) is 22.5 Å². The van der Waals surface area contributed by atoms with E-state index in [4.69, 9.17) is 14.6 Å². The van der Waals surface area contributed by atoms with Gasteiger partial charge in [0.2, 0.25) is 0 Å². The average molecular weight is 492 g/mol. The lowest BCUT2D eigenvalue weighted by Gasteiger charge is -2.27.